The van der Waals surface area contributed by atoms with Gasteiger partial charge in [-0.1, -0.05) is 25.0 Å². The van der Waals surface area contributed by atoms with Crippen molar-refractivity contribution in [1.29, 1.82) is 0 Å². The highest BCUT2D eigenvalue weighted by Gasteiger charge is 2.12. The maximum absolute atomic E-state index is 11.2. The van der Waals surface area contributed by atoms with Crippen LogP contribution >= 0.6 is 0 Å². The van der Waals surface area contributed by atoms with Gasteiger partial charge in [0.05, 0.1) is 6.61 Å². The van der Waals surface area contributed by atoms with Crippen molar-refractivity contribution in [3.8, 4) is 0 Å². The van der Waals surface area contributed by atoms with Crippen molar-refractivity contribution in [3.05, 3.63) is 29.3 Å². The van der Waals surface area contributed by atoms with Crippen molar-refractivity contribution in [2.24, 2.45) is 10.7 Å². The van der Waals surface area contributed by atoms with Gasteiger partial charge in [0.15, 0.2) is 5.96 Å². The summed E-state index contributed by atoms with van der Waals surface area (Å²) < 4.78 is 4.91. The molecule has 0 saturated heterocycles. The van der Waals surface area contributed by atoms with Gasteiger partial charge in [0.1, 0.15) is 0 Å². The fraction of sp³-hybridized carbons (Fsp3) is 0.600. The third-order valence-electron chi connectivity index (χ3n) is 4.54. The molecule has 1 aromatic carbocycles. The average molecular weight is 345 g/mol. The molecule has 1 aliphatic rings. The lowest BCUT2D eigenvalue weighted by atomic mass is 9.90. The maximum Gasteiger partial charge on any atom is 0.305 e. The van der Waals surface area contributed by atoms with E-state index >= 15 is 0 Å². The first-order chi connectivity index (χ1) is 12.2. The molecule has 0 saturated carbocycles. The number of ether oxygens (including phenoxy) is 1. The van der Waals surface area contributed by atoms with E-state index in [4.69, 9.17) is 10.5 Å². The summed E-state index contributed by atoms with van der Waals surface area (Å²) in [6.45, 7) is 3.01. The topological polar surface area (TPSA) is 76.7 Å². The van der Waals surface area contributed by atoms with Gasteiger partial charge in [0.25, 0.3) is 0 Å². The second kappa shape index (κ2) is 10.7. The molecule has 2 rings (SSSR count). The summed E-state index contributed by atoms with van der Waals surface area (Å²) in [5.74, 6) is 0.394. The van der Waals surface area contributed by atoms with Gasteiger partial charge in [-0.3, -0.25) is 9.79 Å². The number of unbranched alkanes of at least 4 members (excludes halogenated alkanes) is 3. The summed E-state index contributed by atoms with van der Waals surface area (Å²) in [5, 5.41) is 3.27. The zero-order valence-corrected chi connectivity index (χ0v) is 15.4. The summed E-state index contributed by atoms with van der Waals surface area (Å²) in [7, 11) is 0. The predicted octanol–water partition coefficient (Wildman–Crippen LogP) is 3.81. The predicted molar refractivity (Wildman–Crippen MR) is 103 cm³/mol. The number of carbonyl (C=O) groups excluding carboxylic acids is 1. The van der Waals surface area contributed by atoms with Crippen LogP contribution in [0.5, 0.6) is 0 Å². The number of nitrogens with two attached hydrogens (primary N) is 1. The number of carbonyl (C=O) groups is 1. The van der Waals surface area contributed by atoms with Crippen LogP contribution in [0.1, 0.15) is 63.0 Å². The Morgan fingerprint density at radius 3 is 2.84 bits per heavy atom. The molecule has 0 aromatic heterocycles. The highest BCUT2D eigenvalue weighted by Crippen LogP contribution is 2.27. The highest BCUT2D eigenvalue weighted by molar-refractivity contribution is 5.93. The fourth-order valence-corrected chi connectivity index (χ4v) is 3.24. The summed E-state index contributed by atoms with van der Waals surface area (Å²) >= 11 is 0. The zero-order chi connectivity index (χ0) is 17.9. The van der Waals surface area contributed by atoms with E-state index in [0.717, 1.165) is 44.2 Å². The molecular weight excluding hydrogens is 314 g/mol. The molecule has 1 aromatic rings. The van der Waals surface area contributed by atoms with E-state index in [2.05, 4.69) is 28.5 Å². The van der Waals surface area contributed by atoms with Gasteiger partial charge in [-0.05, 0) is 62.6 Å². The van der Waals surface area contributed by atoms with Crippen LogP contribution in [-0.4, -0.2) is 25.1 Å². The van der Waals surface area contributed by atoms with Crippen molar-refractivity contribution in [2.75, 3.05) is 18.5 Å². The Morgan fingerprint density at radius 2 is 2.00 bits per heavy atom. The summed E-state index contributed by atoms with van der Waals surface area (Å²) in [6, 6.07) is 6.38. The van der Waals surface area contributed by atoms with Gasteiger partial charge in [0, 0.05) is 18.7 Å². The van der Waals surface area contributed by atoms with Crippen LogP contribution in [0.3, 0.4) is 0 Å². The van der Waals surface area contributed by atoms with Crippen molar-refractivity contribution in [2.45, 2.75) is 64.7 Å². The molecule has 3 N–H and O–H groups in total. The number of hydrogen-bond acceptors (Lipinski definition) is 3. The summed E-state index contributed by atoms with van der Waals surface area (Å²) in [4.78, 5) is 15.7. The number of nitrogens with zero attached hydrogens (tertiary/aromatic N) is 1. The molecular formula is C20H31N3O2. The first kappa shape index (κ1) is 19.3. The normalized spacial score (nSPS) is 14.0. The van der Waals surface area contributed by atoms with E-state index < -0.39 is 0 Å². The number of aliphatic imine (C=N–C) groups is 1. The first-order valence-electron chi connectivity index (χ1n) is 9.54. The standard InChI is InChI=1S/C20H31N3O2/c1-2-25-19(24)14-5-3-4-8-15-22-20(21)23-18-13-9-11-16-10-6-7-12-17(16)18/h9,11,13H,2-8,10,12,14-15H2,1H3,(H3,21,22,23). The van der Waals surface area contributed by atoms with Gasteiger partial charge in [-0.15, -0.1) is 0 Å². The van der Waals surface area contributed by atoms with Crippen LogP contribution < -0.4 is 11.1 Å². The minimum absolute atomic E-state index is 0.0971. The van der Waals surface area contributed by atoms with Crippen molar-refractivity contribution in [1.82, 2.24) is 0 Å². The number of benzene rings is 1. The molecule has 0 spiro atoms. The van der Waals surface area contributed by atoms with E-state index in [1.807, 2.05) is 6.92 Å². The Kier molecular flexibility index (Phi) is 8.29. The maximum atomic E-state index is 11.2. The molecule has 1 aliphatic carbocycles. The lowest BCUT2D eigenvalue weighted by Gasteiger charge is -2.19. The SMILES string of the molecule is CCOC(=O)CCCCCCN=C(N)Nc1cccc2c1CCCC2. The van der Waals surface area contributed by atoms with Crippen molar-refractivity contribution >= 4 is 17.6 Å². The van der Waals surface area contributed by atoms with E-state index in [1.54, 1.807) is 0 Å². The number of esters is 1. The Balaban J connectivity index is 1.66. The Morgan fingerprint density at radius 1 is 1.20 bits per heavy atom. The fourth-order valence-electron chi connectivity index (χ4n) is 3.24. The van der Waals surface area contributed by atoms with Crippen molar-refractivity contribution < 1.29 is 9.53 Å². The van der Waals surface area contributed by atoms with E-state index in [1.165, 1.54) is 24.0 Å². The quantitative estimate of drug-likeness (QED) is 0.309. The Bertz CT molecular complexity index is 584. The third-order valence-corrected chi connectivity index (χ3v) is 4.54. The molecule has 138 valence electrons. The van der Waals surface area contributed by atoms with Crippen LogP contribution in [0.4, 0.5) is 5.69 Å². The lowest BCUT2D eigenvalue weighted by molar-refractivity contribution is -0.143. The number of guanidine groups is 1. The van der Waals surface area contributed by atoms with Crippen LogP contribution in [0.25, 0.3) is 0 Å². The summed E-state index contributed by atoms with van der Waals surface area (Å²) in [6.07, 6.45) is 9.25. The minimum atomic E-state index is -0.0971. The minimum Gasteiger partial charge on any atom is -0.466 e. The van der Waals surface area contributed by atoms with Gasteiger partial charge >= 0.3 is 5.97 Å². The van der Waals surface area contributed by atoms with Gasteiger partial charge in [-0.25, -0.2) is 0 Å². The molecule has 0 bridgehead atoms. The summed E-state index contributed by atoms with van der Waals surface area (Å²) in [5.41, 5.74) is 9.97. The van der Waals surface area contributed by atoms with Crippen LogP contribution in [0.2, 0.25) is 0 Å². The monoisotopic (exact) mass is 345 g/mol. The highest BCUT2D eigenvalue weighted by atomic mass is 16.5. The smallest absolute Gasteiger partial charge is 0.305 e. The van der Waals surface area contributed by atoms with Crippen LogP contribution in [0, 0.1) is 0 Å². The second-order valence-corrected chi connectivity index (χ2v) is 6.51. The third kappa shape index (κ3) is 6.77. The number of nitrogens with one attached hydrogen (secondary N) is 1. The number of rotatable bonds is 9. The molecule has 0 amide bonds. The number of anilines is 1. The average Bonchev–Trinajstić information content (AvgIpc) is 2.61. The van der Waals surface area contributed by atoms with Gasteiger partial charge < -0.3 is 15.8 Å². The lowest BCUT2D eigenvalue weighted by Crippen LogP contribution is -2.24. The molecule has 25 heavy (non-hydrogen) atoms. The van der Waals surface area contributed by atoms with Gasteiger partial charge in [-0.2, -0.15) is 0 Å². The largest absolute Gasteiger partial charge is 0.466 e. The molecule has 0 unspecified atom stereocenters. The van der Waals surface area contributed by atoms with Gasteiger partial charge in [0.2, 0.25) is 0 Å². The molecule has 5 heteroatoms. The molecule has 0 aliphatic heterocycles. The molecule has 0 radical (unpaired) electrons. The van der Waals surface area contributed by atoms with E-state index in [9.17, 15) is 4.79 Å². The molecule has 0 heterocycles. The number of fused-ring (bicyclic) bond motifs is 1. The van der Waals surface area contributed by atoms with Crippen molar-refractivity contribution in [3.63, 3.8) is 0 Å². The Labute approximate surface area is 151 Å². The molecule has 0 atom stereocenters. The Hall–Kier alpha value is -2.04. The number of hydrogen-bond donors (Lipinski definition) is 2. The van der Waals surface area contributed by atoms with E-state index in [0.29, 0.717) is 25.5 Å². The molecule has 5 nitrogen and oxygen atoms in total. The van der Waals surface area contributed by atoms with Crippen LogP contribution in [0.15, 0.2) is 23.2 Å². The first-order valence-corrected chi connectivity index (χ1v) is 9.54. The van der Waals surface area contributed by atoms with E-state index in [-0.39, 0.29) is 5.97 Å². The second-order valence-electron chi connectivity index (χ2n) is 6.51. The zero-order valence-electron chi connectivity index (χ0n) is 15.4. The number of aryl methyl sites for hydroxylation is 1. The van der Waals surface area contributed by atoms with Crippen LogP contribution in [-0.2, 0) is 22.4 Å². The molecule has 0 fully saturated rings.